The molecule has 0 saturated carbocycles. The van der Waals surface area contributed by atoms with Gasteiger partial charge in [-0.3, -0.25) is 0 Å². The number of rotatable bonds is 0. The van der Waals surface area contributed by atoms with Crippen LogP contribution in [-0.2, 0) is 9.47 Å². The number of hydrogen-bond donors (Lipinski definition) is 0. The summed E-state index contributed by atoms with van der Waals surface area (Å²) in [4.78, 5) is 0. The van der Waals surface area contributed by atoms with E-state index in [-0.39, 0.29) is 22.2 Å². The normalized spacial score (nSPS) is 35.2. The Morgan fingerprint density at radius 1 is 0.933 bits per heavy atom. The van der Waals surface area contributed by atoms with Crippen molar-refractivity contribution in [3.63, 3.8) is 0 Å². The van der Waals surface area contributed by atoms with Crippen LogP contribution in [0.2, 0.25) is 0 Å². The van der Waals surface area contributed by atoms with Crippen LogP contribution in [0.25, 0.3) is 0 Å². The molecule has 15 heavy (non-hydrogen) atoms. The standard InChI is InChI=1S/C13H26O2/c1-10(2,3)13(8)12(6,7)15-11(4,5)9-14-13/h9H2,1-8H3. The van der Waals surface area contributed by atoms with Crippen LogP contribution in [0.1, 0.15) is 55.4 Å². The van der Waals surface area contributed by atoms with E-state index >= 15 is 0 Å². The van der Waals surface area contributed by atoms with Crippen molar-refractivity contribution in [2.45, 2.75) is 72.2 Å². The first kappa shape index (κ1) is 13.0. The average Bonchev–Trinajstić information content (AvgIpc) is 1.93. The smallest absolute Gasteiger partial charge is 0.0986 e. The zero-order chi connectivity index (χ0) is 12.1. The molecular weight excluding hydrogens is 188 g/mol. The minimum Gasteiger partial charge on any atom is -0.369 e. The van der Waals surface area contributed by atoms with Gasteiger partial charge in [-0.05, 0) is 40.0 Å². The molecule has 0 bridgehead atoms. The Labute approximate surface area is 94.3 Å². The number of ether oxygens (including phenoxy) is 2. The largest absolute Gasteiger partial charge is 0.369 e. The molecule has 1 saturated heterocycles. The molecule has 1 heterocycles. The lowest BCUT2D eigenvalue weighted by Gasteiger charge is -2.58. The van der Waals surface area contributed by atoms with Crippen molar-refractivity contribution in [3.8, 4) is 0 Å². The van der Waals surface area contributed by atoms with Crippen molar-refractivity contribution < 1.29 is 9.47 Å². The molecule has 1 rings (SSSR count). The van der Waals surface area contributed by atoms with Gasteiger partial charge in [0.15, 0.2) is 0 Å². The van der Waals surface area contributed by atoms with Crippen molar-refractivity contribution in [1.82, 2.24) is 0 Å². The van der Waals surface area contributed by atoms with Gasteiger partial charge in [0.05, 0.1) is 23.4 Å². The molecule has 0 aromatic carbocycles. The maximum atomic E-state index is 6.18. The van der Waals surface area contributed by atoms with E-state index in [1.807, 2.05) is 0 Å². The SMILES string of the molecule is CC1(C)COC(C)(C(C)(C)C)C(C)(C)O1. The third kappa shape index (κ3) is 2.07. The van der Waals surface area contributed by atoms with Crippen LogP contribution in [0.4, 0.5) is 0 Å². The van der Waals surface area contributed by atoms with Crippen molar-refractivity contribution in [1.29, 1.82) is 0 Å². The molecule has 0 aliphatic carbocycles. The summed E-state index contributed by atoms with van der Waals surface area (Å²) in [7, 11) is 0. The van der Waals surface area contributed by atoms with Crippen LogP contribution in [0, 0.1) is 5.41 Å². The van der Waals surface area contributed by atoms with Crippen LogP contribution < -0.4 is 0 Å². The average molecular weight is 214 g/mol. The van der Waals surface area contributed by atoms with E-state index in [1.54, 1.807) is 0 Å². The Morgan fingerprint density at radius 2 is 1.40 bits per heavy atom. The molecule has 0 aromatic rings. The van der Waals surface area contributed by atoms with Gasteiger partial charge in [-0.15, -0.1) is 0 Å². The Hall–Kier alpha value is -0.0800. The maximum absolute atomic E-state index is 6.18. The highest BCUT2D eigenvalue weighted by atomic mass is 16.6. The van der Waals surface area contributed by atoms with E-state index in [1.165, 1.54) is 0 Å². The second-order valence-corrected chi connectivity index (χ2v) is 6.94. The van der Waals surface area contributed by atoms with Gasteiger partial charge in [-0.2, -0.15) is 0 Å². The summed E-state index contributed by atoms with van der Waals surface area (Å²) in [5, 5.41) is 0. The monoisotopic (exact) mass is 214 g/mol. The molecule has 1 aliphatic rings. The molecule has 0 spiro atoms. The molecule has 2 nitrogen and oxygen atoms in total. The maximum Gasteiger partial charge on any atom is 0.0986 e. The molecule has 0 radical (unpaired) electrons. The summed E-state index contributed by atoms with van der Waals surface area (Å²) in [6.07, 6.45) is 0. The van der Waals surface area contributed by atoms with Gasteiger partial charge in [0.2, 0.25) is 0 Å². The first-order chi connectivity index (χ1) is 6.41. The minimum atomic E-state index is -0.271. The second kappa shape index (κ2) is 3.21. The van der Waals surface area contributed by atoms with E-state index in [9.17, 15) is 0 Å². The third-order valence-corrected chi connectivity index (χ3v) is 3.82. The zero-order valence-corrected chi connectivity index (χ0v) is 11.5. The van der Waals surface area contributed by atoms with Gasteiger partial charge >= 0.3 is 0 Å². The Kier molecular flexibility index (Phi) is 2.78. The van der Waals surface area contributed by atoms with E-state index < -0.39 is 0 Å². The lowest BCUT2D eigenvalue weighted by atomic mass is 9.67. The van der Waals surface area contributed by atoms with Crippen LogP contribution in [0.15, 0.2) is 0 Å². The van der Waals surface area contributed by atoms with E-state index in [0.717, 1.165) is 0 Å². The predicted molar refractivity (Wildman–Crippen MR) is 63.1 cm³/mol. The lowest BCUT2D eigenvalue weighted by molar-refractivity contribution is -0.325. The molecule has 0 aromatic heterocycles. The first-order valence-electron chi connectivity index (χ1n) is 5.75. The fraction of sp³-hybridized carbons (Fsp3) is 1.00. The molecule has 2 heteroatoms. The summed E-state index contributed by atoms with van der Waals surface area (Å²) < 4.78 is 12.3. The lowest BCUT2D eigenvalue weighted by Crippen LogP contribution is -2.66. The van der Waals surface area contributed by atoms with Crippen molar-refractivity contribution in [2.24, 2.45) is 5.41 Å². The van der Waals surface area contributed by atoms with Crippen LogP contribution in [0.5, 0.6) is 0 Å². The van der Waals surface area contributed by atoms with Gasteiger partial charge in [-0.25, -0.2) is 0 Å². The molecule has 1 unspecified atom stereocenters. The second-order valence-electron chi connectivity index (χ2n) is 6.94. The van der Waals surface area contributed by atoms with Gasteiger partial charge in [0, 0.05) is 0 Å². The first-order valence-corrected chi connectivity index (χ1v) is 5.75. The highest BCUT2D eigenvalue weighted by Gasteiger charge is 2.56. The van der Waals surface area contributed by atoms with Crippen molar-refractivity contribution in [3.05, 3.63) is 0 Å². The minimum absolute atomic E-state index is 0.0625. The molecule has 1 aliphatic heterocycles. The topological polar surface area (TPSA) is 18.5 Å². The predicted octanol–water partition coefficient (Wildman–Crippen LogP) is 3.40. The number of hydrogen-bond acceptors (Lipinski definition) is 2. The van der Waals surface area contributed by atoms with Crippen LogP contribution in [0.3, 0.4) is 0 Å². The zero-order valence-electron chi connectivity index (χ0n) is 11.5. The van der Waals surface area contributed by atoms with Crippen molar-refractivity contribution in [2.75, 3.05) is 6.61 Å². The highest BCUT2D eigenvalue weighted by molar-refractivity contribution is 5.05. The summed E-state index contributed by atoms with van der Waals surface area (Å²) in [5.74, 6) is 0. The highest BCUT2D eigenvalue weighted by Crippen LogP contribution is 2.48. The van der Waals surface area contributed by atoms with Gasteiger partial charge < -0.3 is 9.47 Å². The Morgan fingerprint density at radius 3 is 1.73 bits per heavy atom. The quantitative estimate of drug-likeness (QED) is 0.615. The van der Waals surface area contributed by atoms with E-state index in [2.05, 4.69) is 55.4 Å². The van der Waals surface area contributed by atoms with E-state index in [4.69, 9.17) is 9.47 Å². The molecule has 1 fully saturated rings. The Balaban J connectivity index is 3.05. The van der Waals surface area contributed by atoms with Gasteiger partial charge in [-0.1, -0.05) is 20.8 Å². The van der Waals surface area contributed by atoms with Gasteiger partial charge in [0.25, 0.3) is 0 Å². The summed E-state index contributed by atoms with van der Waals surface area (Å²) in [5.41, 5.74) is -0.649. The van der Waals surface area contributed by atoms with Crippen LogP contribution >= 0.6 is 0 Å². The van der Waals surface area contributed by atoms with Gasteiger partial charge in [0.1, 0.15) is 0 Å². The molecular formula is C13H26O2. The van der Waals surface area contributed by atoms with Crippen LogP contribution in [-0.4, -0.2) is 23.4 Å². The molecule has 0 N–H and O–H groups in total. The molecule has 0 amide bonds. The summed E-state index contributed by atoms with van der Waals surface area (Å²) >= 11 is 0. The molecule has 1 atom stereocenters. The van der Waals surface area contributed by atoms with E-state index in [0.29, 0.717) is 6.61 Å². The summed E-state index contributed by atoms with van der Waals surface area (Å²) in [6, 6.07) is 0. The molecule has 90 valence electrons. The third-order valence-electron chi connectivity index (χ3n) is 3.82. The fourth-order valence-electron chi connectivity index (χ4n) is 2.43. The summed E-state index contributed by atoms with van der Waals surface area (Å²) in [6.45, 7) is 17.8. The fourth-order valence-corrected chi connectivity index (χ4v) is 2.43. The Bertz CT molecular complexity index is 248. The van der Waals surface area contributed by atoms with Crippen molar-refractivity contribution >= 4 is 0 Å².